The summed E-state index contributed by atoms with van der Waals surface area (Å²) >= 11 is 0. The standard InChI is InChI=1S/C18H26F2N4O2.HI/c1-12(2)16(25)24-8-7-14(11-24)23-18(21-3)22-10-13-5-4-6-15(9-13)26-17(19)20;/h4-6,9,12,14,17H,7-8,10-11H2,1-3H3,(H2,21,22,23);1H. The summed E-state index contributed by atoms with van der Waals surface area (Å²) < 4.78 is 29.0. The van der Waals surface area contributed by atoms with E-state index < -0.39 is 6.61 Å². The van der Waals surface area contributed by atoms with Crippen molar-refractivity contribution in [1.29, 1.82) is 0 Å². The molecule has 6 nitrogen and oxygen atoms in total. The number of benzene rings is 1. The van der Waals surface area contributed by atoms with Crippen LogP contribution < -0.4 is 15.4 Å². The van der Waals surface area contributed by atoms with Gasteiger partial charge in [-0.2, -0.15) is 8.78 Å². The highest BCUT2D eigenvalue weighted by Gasteiger charge is 2.27. The molecule has 1 saturated heterocycles. The number of alkyl halides is 2. The van der Waals surface area contributed by atoms with Crippen molar-refractivity contribution >= 4 is 35.8 Å². The third kappa shape index (κ3) is 7.47. The molecule has 0 aliphatic carbocycles. The Bertz CT molecular complexity index is 644. The van der Waals surface area contributed by atoms with Crippen LogP contribution in [0.3, 0.4) is 0 Å². The first-order chi connectivity index (χ1) is 12.4. The Morgan fingerprint density at radius 3 is 2.78 bits per heavy atom. The van der Waals surface area contributed by atoms with Gasteiger partial charge in [0.15, 0.2) is 5.96 Å². The third-order valence-electron chi connectivity index (χ3n) is 4.14. The quantitative estimate of drug-likeness (QED) is 0.361. The van der Waals surface area contributed by atoms with Crippen LogP contribution in [0.25, 0.3) is 0 Å². The van der Waals surface area contributed by atoms with Crippen LogP contribution in [0.5, 0.6) is 5.75 Å². The molecule has 2 N–H and O–H groups in total. The lowest BCUT2D eigenvalue weighted by Gasteiger charge is -2.20. The number of ether oxygens (including phenoxy) is 1. The molecule has 152 valence electrons. The number of guanidine groups is 1. The molecule has 9 heteroatoms. The summed E-state index contributed by atoms with van der Waals surface area (Å²) in [6.07, 6.45) is 0.858. The van der Waals surface area contributed by atoms with Crippen LogP contribution in [0, 0.1) is 5.92 Å². The van der Waals surface area contributed by atoms with Gasteiger partial charge in [-0.3, -0.25) is 9.79 Å². The molecule has 27 heavy (non-hydrogen) atoms. The number of hydrogen-bond acceptors (Lipinski definition) is 3. The molecule has 1 amide bonds. The molecule has 0 saturated carbocycles. The molecule has 0 bridgehead atoms. The minimum absolute atomic E-state index is 0. The van der Waals surface area contributed by atoms with Gasteiger partial charge in [-0.15, -0.1) is 24.0 Å². The van der Waals surface area contributed by atoms with E-state index in [1.807, 2.05) is 24.8 Å². The van der Waals surface area contributed by atoms with Crippen molar-refractivity contribution in [1.82, 2.24) is 15.5 Å². The lowest BCUT2D eigenvalue weighted by atomic mass is 10.2. The maximum atomic E-state index is 12.3. The molecule has 1 unspecified atom stereocenters. The fourth-order valence-electron chi connectivity index (χ4n) is 2.85. The number of amides is 1. The van der Waals surface area contributed by atoms with Crippen LogP contribution in [0.15, 0.2) is 29.3 Å². The van der Waals surface area contributed by atoms with Gasteiger partial charge in [0.1, 0.15) is 5.75 Å². The molecule has 0 spiro atoms. The minimum atomic E-state index is -2.84. The zero-order valence-corrected chi connectivity index (χ0v) is 18.1. The predicted octanol–water partition coefficient (Wildman–Crippen LogP) is 2.83. The minimum Gasteiger partial charge on any atom is -0.435 e. The number of aliphatic imine (C=N–C) groups is 1. The summed E-state index contributed by atoms with van der Waals surface area (Å²) in [7, 11) is 1.66. The molecular weight excluding hydrogens is 469 g/mol. The summed E-state index contributed by atoms with van der Waals surface area (Å²) in [4.78, 5) is 18.1. The van der Waals surface area contributed by atoms with Gasteiger partial charge in [-0.05, 0) is 24.1 Å². The molecule has 1 aliphatic rings. The van der Waals surface area contributed by atoms with Crippen LogP contribution in [-0.2, 0) is 11.3 Å². The van der Waals surface area contributed by atoms with E-state index in [1.54, 1.807) is 19.2 Å². The normalized spacial score (nSPS) is 17.1. The lowest BCUT2D eigenvalue weighted by Crippen LogP contribution is -2.45. The van der Waals surface area contributed by atoms with E-state index in [9.17, 15) is 13.6 Å². The Kier molecular flexibility index (Phi) is 9.75. The first-order valence-corrected chi connectivity index (χ1v) is 8.68. The van der Waals surface area contributed by atoms with Crippen LogP contribution in [0.4, 0.5) is 8.78 Å². The topological polar surface area (TPSA) is 66.0 Å². The van der Waals surface area contributed by atoms with Gasteiger partial charge in [0.05, 0.1) is 0 Å². The first kappa shape index (κ1) is 23.4. The van der Waals surface area contributed by atoms with Crippen LogP contribution in [-0.4, -0.2) is 49.6 Å². The van der Waals surface area contributed by atoms with E-state index in [-0.39, 0.29) is 47.6 Å². The van der Waals surface area contributed by atoms with Gasteiger partial charge >= 0.3 is 6.61 Å². The predicted molar refractivity (Wildman–Crippen MR) is 112 cm³/mol. The zero-order valence-electron chi connectivity index (χ0n) is 15.7. The molecule has 1 aliphatic heterocycles. The SMILES string of the molecule is CN=C(NCc1cccc(OC(F)F)c1)NC1CCN(C(=O)C(C)C)C1.I. The van der Waals surface area contributed by atoms with Crippen molar-refractivity contribution in [3.8, 4) is 5.75 Å². The van der Waals surface area contributed by atoms with Gasteiger partial charge in [0, 0.05) is 38.6 Å². The van der Waals surface area contributed by atoms with Gasteiger partial charge in [-0.25, -0.2) is 0 Å². The molecule has 1 heterocycles. The Hall–Kier alpha value is -1.65. The van der Waals surface area contributed by atoms with Gasteiger partial charge in [-0.1, -0.05) is 26.0 Å². The van der Waals surface area contributed by atoms with E-state index in [0.717, 1.165) is 18.5 Å². The average Bonchev–Trinajstić information content (AvgIpc) is 3.06. The summed E-state index contributed by atoms with van der Waals surface area (Å²) in [5.41, 5.74) is 0.800. The monoisotopic (exact) mass is 496 g/mol. The average molecular weight is 496 g/mol. The largest absolute Gasteiger partial charge is 0.435 e. The first-order valence-electron chi connectivity index (χ1n) is 8.68. The highest BCUT2D eigenvalue weighted by molar-refractivity contribution is 14.0. The second-order valence-electron chi connectivity index (χ2n) is 6.52. The Morgan fingerprint density at radius 1 is 1.41 bits per heavy atom. The fourth-order valence-corrected chi connectivity index (χ4v) is 2.85. The fraction of sp³-hybridized carbons (Fsp3) is 0.556. The van der Waals surface area contributed by atoms with Crippen LogP contribution >= 0.6 is 24.0 Å². The van der Waals surface area contributed by atoms with E-state index in [2.05, 4.69) is 20.4 Å². The van der Waals surface area contributed by atoms with Gasteiger partial charge in [0.2, 0.25) is 5.91 Å². The van der Waals surface area contributed by atoms with E-state index in [0.29, 0.717) is 19.0 Å². The number of likely N-dealkylation sites (tertiary alicyclic amines) is 1. The summed E-state index contributed by atoms with van der Waals surface area (Å²) in [6, 6.07) is 6.67. The number of nitrogens with zero attached hydrogens (tertiary/aromatic N) is 2. The van der Waals surface area contributed by atoms with Crippen LogP contribution in [0.1, 0.15) is 25.8 Å². The van der Waals surface area contributed by atoms with E-state index >= 15 is 0 Å². The number of carbonyl (C=O) groups excluding carboxylic acids is 1. The highest BCUT2D eigenvalue weighted by Crippen LogP contribution is 2.16. The number of rotatable bonds is 6. The molecule has 0 aromatic heterocycles. The van der Waals surface area contributed by atoms with Crippen molar-refractivity contribution in [2.45, 2.75) is 39.5 Å². The smallest absolute Gasteiger partial charge is 0.387 e. The molecule has 0 radical (unpaired) electrons. The molecule has 1 atom stereocenters. The van der Waals surface area contributed by atoms with Gasteiger partial charge < -0.3 is 20.3 Å². The molecule has 1 aromatic carbocycles. The number of carbonyl (C=O) groups is 1. The number of hydrogen-bond donors (Lipinski definition) is 2. The zero-order chi connectivity index (χ0) is 19.1. The maximum absolute atomic E-state index is 12.3. The lowest BCUT2D eigenvalue weighted by molar-refractivity contribution is -0.133. The Morgan fingerprint density at radius 2 is 2.15 bits per heavy atom. The summed E-state index contributed by atoms with van der Waals surface area (Å²) in [6.45, 7) is 2.76. The molecule has 1 aromatic rings. The van der Waals surface area contributed by atoms with Crippen molar-refractivity contribution in [2.24, 2.45) is 10.9 Å². The molecular formula is C18H27F2IN4O2. The van der Waals surface area contributed by atoms with Gasteiger partial charge in [0.25, 0.3) is 0 Å². The summed E-state index contributed by atoms with van der Waals surface area (Å²) in [5, 5.41) is 6.45. The van der Waals surface area contributed by atoms with Crippen molar-refractivity contribution in [3.63, 3.8) is 0 Å². The second-order valence-corrected chi connectivity index (χ2v) is 6.52. The highest BCUT2D eigenvalue weighted by atomic mass is 127. The van der Waals surface area contributed by atoms with Crippen LogP contribution in [0.2, 0.25) is 0 Å². The van der Waals surface area contributed by atoms with E-state index in [1.165, 1.54) is 6.07 Å². The Balaban J connectivity index is 0.00000364. The number of halogens is 3. The van der Waals surface area contributed by atoms with Crippen molar-refractivity contribution in [2.75, 3.05) is 20.1 Å². The molecule has 1 fully saturated rings. The van der Waals surface area contributed by atoms with Crippen molar-refractivity contribution < 1.29 is 18.3 Å². The van der Waals surface area contributed by atoms with Crippen molar-refractivity contribution in [3.05, 3.63) is 29.8 Å². The third-order valence-corrected chi connectivity index (χ3v) is 4.14. The Labute approximate surface area is 175 Å². The number of nitrogens with one attached hydrogen (secondary N) is 2. The van der Waals surface area contributed by atoms with E-state index in [4.69, 9.17) is 0 Å². The molecule has 2 rings (SSSR count). The maximum Gasteiger partial charge on any atom is 0.387 e. The second kappa shape index (κ2) is 11.3. The summed E-state index contributed by atoms with van der Waals surface area (Å²) in [5.74, 6) is 0.886.